The smallest absolute Gasteiger partial charge is 0.196 e. The van der Waals surface area contributed by atoms with Crippen LogP contribution >= 0.6 is 11.8 Å². The van der Waals surface area contributed by atoms with E-state index in [-0.39, 0.29) is 11.2 Å². The third-order valence-corrected chi connectivity index (χ3v) is 5.83. The molecule has 0 fully saturated rings. The number of carbonyl (C=O) groups is 1. The van der Waals surface area contributed by atoms with E-state index in [0.717, 1.165) is 22.2 Å². The minimum atomic E-state index is -0.187. The molecule has 0 amide bonds. The van der Waals surface area contributed by atoms with Crippen LogP contribution in [0.25, 0.3) is 5.65 Å². The fourth-order valence-corrected chi connectivity index (χ4v) is 4.25. The Morgan fingerprint density at radius 1 is 1.15 bits per heavy atom. The molecule has 0 aliphatic carbocycles. The average Bonchev–Trinajstić information content (AvgIpc) is 3.14. The number of aromatic nitrogens is 3. The van der Waals surface area contributed by atoms with Gasteiger partial charge < -0.3 is 4.90 Å². The molecule has 132 valence electrons. The van der Waals surface area contributed by atoms with E-state index in [1.807, 2.05) is 48.0 Å². The number of carbonyl (C=O) groups excluding carboxylic acids is 1. The molecule has 26 heavy (non-hydrogen) atoms. The molecule has 0 saturated heterocycles. The topological polar surface area (TPSA) is 50.5 Å². The number of ketones is 1. The van der Waals surface area contributed by atoms with Gasteiger partial charge in [-0.3, -0.25) is 9.20 Å². The van der Waals surface area contributed by atoms with Crippen LogP contribution in [0.3, 0.4) is 0 Å². The molecule has 0 N–H and O–H groups in total. The second kappa shape index (κ2) is 6.29. The van der Waals surface area contributed by atoms with Gasteiger partial charge in [0.15, 0.2) is 16.6 Å². The number of para-hydroxylation sites is 1. The summed E-state index contributed by atoms with van der Waals surface area (Å²) >= 11 is 1.41. The Kier molecular flexibility index (Phi) is 4.07. The van der Waals surface area contributed by atoms with E-state index in [4.69, 9.17) is 0 Å². The van der Waals surface area contributed by atoms with Crippen LogP contribution in [0.5, 0.6) is 0 Å². The summed E-state index contributed by atoms with van der Waals surface area (Å²) in [5.74, 6) is 0.407. The first kappa shape index (κ1) is 16.8. The van der Waals surface area contributed by atoms with E-state index in [1.165, 1.54) is 17.3 Å². The number of benzene rings is 1. The van der Waals surface area contributed by atoms with Gasteiger partial charge in [-0.25, -0.2) is 0 Å². The van der Waals surface area contributed by atoms with Gasteiger partial charge in [0, 0.05) is 36.1 Å². The van der Waals surface area contributed by atoms with Crippen molar-refractivity contribution in [2.75, 3.05) is 17.7 Å². The van der Waals surface area contributed by atoms with Crippen molar-refractivity contribution in [3.05, 3.63) is 66.0 Å². The van der Waals surface area contributed by atoms with Gasteiger partial charge in [0.25, 0.3) is 0 Å². The highest BCUT2D eigenvalue weighted by Gasteiger charge is 2.38. The Hall–Kier alpha value is -2.60. The van der Waals surface area contributed by atoms with Crippen molar-refractivity contribution in [1.29, 1.82) is 0 Å². The molecule has 5 nitrogen and oxygen atoms in total. The third-order valence-electron chi connectivity index (χ3n) is 4.86. The molecule has 3 heterocycles. The second-order valence-electron chi connectivity index (χ2n) is 6.90. The van der Waals surface area contributed by atoms with Crippen molar-refractivity contribution in [3.8, 4) is 0 Å². The Morgan fingerprint density at radius 3 is 2.73 bits per heavy atom. The van der Waals surface area contributed by atoms with Crippen molar-refractivity contribution in [3.63, 3.8) is 0 Å². The number of hydrogen-bond donors (Lipinski definition) is 0. The Balaban J connectivity index is 1.54. The number of thioether (sulfide) groups is 1. The van der Waals surface area contributed by atoms with Gasteiger partial charge in [0.05, 0.1) is 5.75 Å². The lowest BCUT2D eigenvalue weighted by Crippen LogP contribution is -2.24. The van der Waals surface area contributed by atoms with E-state index in [9.17, 15) is 4.79 Å². The van der Waals surface area contributed by atoms with Gasteiger partial charge in [-0.15, -0.1) is 10.2 Å². The van der Waals surface area contributed by atoms with Gasteiger partial charge >= 0.3 is 0 Å². The molecule has 6 heteroatoms. The normalized spacial score (nSPS) is 17.0. The average molecular weight is 364 g/mol. The molecule has 1 aromatic carbocycles. The largest absolute Gasteiger partial charge is 0.347 e. The van der Waals surface area contributed by atoms with Gasteiger partial charge in [-0.05, 0) is 23.8 Å². The molecule has 4 rings (SSSR count). The highest BCUT2D eigenvalue weighted by atomic mass is 32.2. The second-order valence-corrected chi connectivity index (χ2v) is 7.84. The number of hydrogen-bond acceptors (Lipinski definition) is 5. The minimum absolute atomic E-state index is 0.0745. The lowest BCUT2D eigenvalue weighted by Gasteiger charge is -2.23. The number of allylic oxidation sites excluding steroid dienone is 2. The van der Waals surface area contributed by atoms with Gasteiger partial charge in [0.1, 0.15) is 0 Å². The summed E-state index contributed by atoms with van der Waals surface area (Å²) in [6, 6.07) is 14.1. The van der Waals surface area contributed by atoms with Crippen LogP contribution in [0.1, 0.15) is 19.4 Å². The maximum absolute atomic E-state index is 12.6. The highest BCUT2D eigenvalue weighted by molar-refractivity contribution is 7.99. The molecule has 0 spiro atoms. The minimum Gasteiger partial charge on any atom is -0.347 e. The molecule has 0 bridgehead atoms. The van der Waals surface area contributed by atoms with Crippen LogP contribution in [0.4, 0.5) is 5.69 Å². The van der Waals surface area contributed by atoms with E-state index >= 15 is 0 Å². The third kappa shape index (κ3) is 2.70. The van der Waals surface area contributed by atoms with Crippen molar-refractivity contribution >= 4 is 28.9 Å². The monoisotopic (exact) mass is 364 g/mol. The van der Waals surface area contributed by atoms with Crippen molar-refractivity contribution < 1.29 is 4.79 Å². The first-order valence-corrected chi connectivity index (χ1v) is 9.48. The van der Waals surface area contributed by atoms with Crippen LogP contribution in [0.15, 0.2) is 65.6 Å². The Morgan fingerprint density at radius 2 is 1.92 bits per heavy atom. The molecule has 0 atom stereocenters. The number of nitrogens with zero attached hydrogens (tertiary/aromatic N) is 4. The summed E-state index contributed by atoms with van der Waals surface area (Å²) in [4.78, 5) is 14.7. The number of anilines is 1. The predicted octanol–water partition coefficient (Wildman–Crippen LogP) is 3.70. The summed E-state index contributed by atoms with van der Waals surface area (Å²) < 4.78 is 1.90. The molecule has 1 aliphatic rings. The lowest BCUT2D eigenvalue weighted by molar-refractivity contribution is -0.112. The zero-order chi connectivity index (χ0) is 18.3. The van der Waals surface area contributed by atoms with Crippen LogP contribution in [-0.2, 0) is 10.2 Å². The van der Waals surface area contributed by atoms with Crippen molar-refractivity contribution in [2.24, 2.45) is 0 Å². The van der Waals surface area contributed by atoms with Crippen molar-refractivity contribution in [1.82, 2.24) is 14.6 Å². The zero-order valence-electron chi connectivity index (χ0n) is 15.0. The molecular weight excluding hydrogens is 344 g/mol. The SMILES string of the molecule is CN1/C(=C/C(=O)CSc2nnc3ccccn23)C(C)(C)c2ccccc21. The summed E-state index contributed by atoms with van der Waals surface area (Å²) in [6.45, 7) is 4.32. The number of likely N-dealkylation sites (N-methyl/N-ethyl adjacent to an activating group) is 1. The molecule has 0 unspecified atom stereocenters. The maximum atomic E-state index is 12.6. The number of rotatable bonds is 4. The molecular formula is C20H20N4OS. The van der Waals surface area contributed by atoms with E-state index in [2.05, 4.69) is 41.1 Å². The maximum Gasteiger partial charge on any atom is 0.196 e. The molecule has 3 aromatic rings. The number of pyridine rings is 1. The predicted molar refractivity (Wildman–Crippen MR) is 105 cm³/mol. The quantitative estimate of drug-likeness (QED) is 0.522. The van der Waals surface area contributed by atoms with Gasteiger partial charge in [0.2, 0.25) is 0 Å². The standard InChI is InChI=1S/C20H20N4OS/c1-20(2)15-8-4-5-9-16(15)23(3)17(20)12-14(25)13-26-19-22-21-18-10-6-7-11-24(18)19/h4-12H,13H2,1-3H3/b17-12+. The van der Waals surface area contributed by atoms with Gasteiger partial charge in [-0.1, -0.05) is 49.9 Å². The molecule has 1 aliphatic heterocycles. The first-order valence-electron chi connectivity index (χ1n) is 8.49. The molecule has 0 radical (unpaired) electrons. The fourth-order valence-electron chi connectivity index (χ4n) is 3.51. The summed E-state index contributed by atoms with van der Waals surface area (Å²) in [5, 5.41) is 9.02. The first-order chi connectivity index (χ1) is 12.5. The van der Waals surface area contributed by atoms with E-state index < -0.39 is 0 Å². The Bertz CT molecular complexity index is 1020. The van der Waals surface area contributed by atoms with Crippen LogP contribution in [-0.4, -0.2) is 33.2 Å². The molecule has 2 aromatic heterocycles. The fraction of sp³-hybridized carbons (Fsp3) is 0.250. The van der Waals surface area contributed by atoms with Crippen molar-refractivity contribution in [2.45, 2.75) is 24.4 Å². The van der Waals surface area contributed by atoms with E-state index in [0.29, 0.717) is 5.75 Å². The zero-order valence-corrected chi connectivity index (χ0v) is 15.8. The summed E-state index contributed by atoms with van der Waals surface area (Å²) in [5.41, 5.74) is 4.03. The lowest BCUT2D eigenvalue weighted by atomic mass is 9.83. The van der Waals surface area contributed by atoms with E-state index in [1.54, 1.807) is 6.08 Å². The highest BCUT2D eigenvalue weighted by Crippen LogP contribution is 2.46. The summed E-state index contributed by atoms with van der Waals surface area (Å²) in [7, 11) is 2.02. The van der Waals surface area contributed by atoms with Crippen LogP contribution in [0, 0.1) is 0 Å². The number of fused-ring (bicyclic) bond motifs is 2. The Labute approximate surface area is 156 Å². The van der Waals surface area contributed by atoms with Gasteiger partial charge in [-0.2, -0.15) is 0 Å². The summed E-state index contributed by atoms with van der Waals surface area (Å²) in [6.07, 6.45) is 3.68. The van der Waals surface area contributed by atoms with Crippen LogP contribution in [0.2, 0.25) is 0 Å². The van der Waals surface area contributed by atoms with Crippen LogP contribution < -0.4 is 4.90 Å². The molecule has 0 saturated carbocycles.